The summed E-state index contributed by atoms with van der Waals surface area (Å²) in [4.78, 5) is 0. The van der Waals surface area contributed by atoms with Gasteiger partial charge >= 0.3 is 99.2 Å². The largest absolute Gasteiger partial charge is 0.463 e. The van der Waals surface area contributed by atoms with E-state index in [2.05, 4.69) is 115 Å². The standard InChI is InChI=1S/C21H15O2.C13H9.C13H10.2ClH.Zr/c1-3-10-18(11-4-1)22-20-14-16-8-7-9-17(16)15-21(20)23-19-12-5-2-6-13-19;1-3-7-12-10(5-1)9-11-6-2-4-8-13(11)12;1-3-7-12(8-4-1)11-13-9-5-2-6-10-13;;;/h1-15H;1-5,7-8H,9H2;1-10H;2*1H;/q2*-1;;;;+2/p-2. The van der Waals surface area contributed by atoms with E-state index in [0.29, 0.717) is 11.5 Å². The molecule has 52 heavy (non-hydrogen) atoms. The van der Waals surface area contributed by atoms with E-state index in [-0.39, 0.29) is 24.8 Å². The van der Waals surface area contributed by atoms with Crippen LogP contribution >= 0.6 is 0 Å². The molecule has 0 amide bonds. The molecule has 8 aromatic carbocycles. The summed E-state index contributed by atoms with van der Waals surface area (Å²) in [6.45, 7) is 0. The third-order valence-corrected chi connectivity index (χ3v) is 9.80. The van der Waals surface area contributed by atoms with Crippen LogP contribution in [-0.4, -0.2) is 3.21 Å². The first-order valence-electron chi connectivity index (χ1n) is 16.6. The fourth-order valence-electron chi connectivity index (χ4n) is 5.90. The van der Waals surface area contributed by atoms with Gasteiger partial charge in [0.1, 0.15) is 17.2 Å². The molecule has 1 aliphatic rings. The molecule has 0 bridgehead atoms. The molecule has 0 saturated heterocycles. The Balaban J connectivity index is 0.000000156. The average Bonchev–Trinajstić information content (AvgIpc) is 3.81. The normalized spacial score (nSPS) is 10.4. The first-order chi connectivity index (χ1) is 24.7. The molecule has 1 aliphatic carbocycles. The Morgan fingerprint density at radius 1 is 0.538 bits per heavy atom. The van der Waals surface area contributed by atoms with E-state index in [0.717, 1.165) is 28.7 Å². The van der Waals surface area contributed by atoms with E-state index in [1.807, 2.05) is 84.9 Å². The van der Waals surface area contributed by atoms with Crippen molar-refractivity contribution < 1.29 is 58.5 Å². The molecular weight excluding hydrogens is 759 g/mol. The van der Waals surface area contributed by atoms with Gasteiger partial charge in [-0.25, -0.2) is 0 Å². The van der Waals surface area contributed by atoms with Crippen molar-refractivity contribution in [1.82, 2.24) is 0 Å². The van der Waals surface area contributed by atoms with Crippen LogP contribution < -0.4 is 34.3 Å². The fourth-order valence-corrected chi connectivity index (χ4v) is 6.72. The smallest absolute Gasteiger partial charge is 0.151 e. The van der Waals surface area contributed by atoms with Gasteiger partial charge < -0.3 is 34.3 Å². The fraction of sp³-hybridized carbons (Fsp3) is 0.0213. The number of halogens is 2. The Kier molecular flexibility index (Phi) is 14.1. The molecule has 0 saturated carbocycles. The third kappa shape index (κ3) is 9.69. The third-order valence-electron chi connectivity index (χ3n) is 8.38. The minimum atomic E-state index is 0. The van der Waals surface area contributed by atoms with Gasteiger partial charge in [0.15, 0.2) is 5.75 Å². The van der Waals surface area contributed by atoms with Gasteiger partial charge in [0.2, 0.25) is 0 Å². The van der Waals surface area contributed by atoms with Crippen molar-refractivity contribution in [3.05, 3.63) is 222 Å². The zero-order valence-corrected chi connectivity index (χ0v) is 32.2. The molecule has 9 rings (SSSR count). The van der Waals surface area contributed by atoms with Crippen LogP contribution in [0.5, 0.6) is 23.0 Å². The maximum atomic E-state index is 6.03. The van der Waals surface area contributed by atoms with Crippen LogP contribution in [0.4, 0.5) is 0 Å². The van der Waals surface area contributed by atoms with Crippen molar-refractivity contribution in [1.29, 1.82) is 0 Å². The summed E-state index contributed by atoms with van der Waals surface area (Å²) < 4.78 is 13.5. The van der Waals surface area contributed by atoms with Crippen molar-refractivity contribution in [3.8, 4) is 34.1 Å². The molecule has 0 heterocycles. The van der Waals surface area contributed by atoms with Crippen LogP contribution in [0.2, 0.25) is 0 Å². The molecule has 0 aliphatic heterocycles. The molecule has 0 spiro atoms. The van der Waals surface area contributed by atoms with Crippen molar-refractivity contribution >= 4 is 14.0 Å². The molecular formula is C47H34Cl2O2Zr-2. The van der Waals surface area contributed by atoms with Gasteiger partial charge in [-0.3, -0.25) is 0 Å². The van der Waals surface area contributed by atoms with Crippen LogP contribution in [0.3, 0.4) is 0 Å². The van der Waals surface area contributed by atoms with Gasteiger partial charge in [-0.2, -0.15) is 42.0 Å². The van der Waals surface area contributed by atoms with Gasteiger partial charge in [0.25, 0.3) is 0 Å². The molecule has 0 fully saturated rings. The van der Waals surface area contributed by atoms with E-state index in [1.54, 1.807) is 0 Å². The average molecular weight is 793 g/mol. The Labute approximate surface area is 333 Å². The molecule has 0 unspecified atom stereocenters. The van der Waals surface area contributed by atoms with E-state index in [9.17, 15) is 0 Å². The van der Waals surface area contributed by atoms with Crippen molar-refractivity contribution in [3.63, 3.8) is 0 Å². The molecule has 0 aromatic heterocycles. The van der Waals surface area contributed by atoms with Crippen molar-refractivity contribution in [2.24, 2.45) is 0 Å². The maximum absolute atomic E-state index is 6.03. The number of para-hydroxylation sites is 2. The van der Waals surface area contributed by atoms with Gasteiger partial charge in [-0.15, -0.1) is 22.4 Å². The van der Waals surface area contributed by atoms with E-state index < -0.39 is 0 Å². The predicted molar refractivity (Wildman–Crippen MR) is 202 cm³/mol. The Morgan fingerprint density at radius 3 is 1.63 bits per heavy atom. The minimum absolute atomic E-state index is 0. The molecule has 0 atom stereocenters. The second-order valence-corrected chi connectivity index (χ2v) is 13.0. The predicted octanol–water partition coefficient (Wildman–Crippen LogP) is 6.01. The summed E-state index contributed by atoms with van der Waals surface area (Å²) in [5.41, 5.74) is 8.17. The summed E-state index contributed by atoms with van der Waals surface area (Å²) in [6, 6.07) is 68.9. The maximum Gasteiger partial charge on any atom is 0.151 e. The number of hydrogen-bond acceptors (Lipinski definition) is 2. The Morgan fingerprint density at radius 2 is 1.04 bits per heavy atom. The van der Waals surface area contributed by atoms with Crippen LogP contribution in [0.1, 0.15) is 22.3 Å². The molecule has 0 radical (unpaired) electrons. The van der Waals surface area contributed by atoms with Crippen molar-refractivity contribution in [2.45, 2.75) is 6.42 Å². The number of ether oxygens (including phenoxy) is 2. The molecule has 254 valence electrons. The van der Waals surface area contributed by atoms with Gasteiger partial charge in [0, 0.05) is 0 Å². The van der Waals surface area contributed by atoms with E-state index >= 15 is 0 Å². The van der Waals surface area contributed by atoms with Crippen LogP contribution in [0.25, 0.3) is 21.9 Å². The summed E-state index contributed by atoms with van der Waals surface area (Å²) in [5.74, 6) is 2.99. The van der Waals surface area contributed by atoms with E-state index in [4.69, 9.17) is 9.47 Å². The first-order valence-corrected chi connectivity index (χ1v) is 17.9. The van der Waals surface area contributed by atoms with E-state index in [1.165, 1.54) is 60.8 Å². The molecule has 8 aromatic rings. The van der Waals surface area contributed by atoms with Gasteiger partial charge in [-0.05, 0) is 30.7 Å². The monoisotopic (exact) mass is 790 g/mol. The quantitative estimate of drug-likeness (QED) is 0.192. The zero-order valence-electron chi connectivity index (χ0n) is 28.3. The van der Waals surface area contributed by atoms with Gasteiger partial charge in [0.05, 0.1) is 0 Å². The zero-order chi connectivity index (χ0) is 34.0. The Bertz CT molecular complexity index is 2150. The minimum Gasteiger partial charge on any atom is -0.463 e. The Hall–Kier alpha value is -4.92. The number of rotatable bonds is 6. The summed E-state index contributed by atoms with van der Waals surface area (Å²) in [7, 11) is 0. The van der Waals surface area contributed by atoms with Crippen molar-refractivity contribution in [2.75, 3.05) is 0 Å². The number of fused-ring (bicyclic) bond motifs is 4. The van der Waals surface area contributed by atoms with Crippen LogP contribution in [-0.2, 0) is 30.7 Å². The van der Waals surface area contributed by atoms with Crippen LogP contribution in [0.15, 0.2) is 194 Å². The topological polar surface area (TPSA) is 18.5 Å². The van der Waals surface area contributed by atoms with Crippen LogP contribution in [0, 0.1) is 6.07 Å². The second kappa shape index (κ2) is 19.1. The molecule has 2 nitrogen and oxygen atoms in total. The first kappa shape index (κ1) is 38.3. The number of benzene rings is 7. The molecule has 0 N–H and O–H groups in total. The molecule has 5 heteroatoms. The summed E-state index contributed by atoms with van der Waals surface area (Å²) in [5, 5.41) is 2.27. The second-order valence-electron chi connectivity index (χ2n) is 11.8. The van der Waals surface area contributed by atoms with Gasteiger partial charge in [-0.1, -0.05) is 83.9 Å². The summed E-state index contributed by atoms with van der Waals surface area (Å²) >= 11 is 1.46. The SMILES string of the molecule is [Cl-].[Cl-].[Zr+2]=[C](c1ccccc1)c1ccccc1.[c-]1cccc2c1Cc1ccccc1-2.c1ccc(Oc2cc3cc[cH-]c3cc2Oc2ccccc2)cc1. The number of hydrogen-bond donors (Lipinski definition) is 0. The summed E-state index contributed by atoms with van der Waals surface area (Å²) in [6.07, 6.45) is 1.05.